The lowest BCUT2D eigenvalue weighted by atomic mass is 9.80. The molecule has 0 unspecified atom stereocenters. The molecule has 0 bridgehead atoms. The van der Waals surface area contributed by atoms with Gasteiger partial charge in [0.1, 0.15) is 0 Å². The molecular formula is C11H22N2O. The Bertz CT molecular complexity index is 184. The number of hydrogen-bond donors (Lipinski definition) is 3. The zero-order valence-corrected chi connectivity index (χ0v) is 8.84. The third-order valence-electron chi connectivity index (χ3n) is 3.78. The molecule has 2 rings (SSSR count). The minimum absolute atomic E-state index is 0.375. The van der Waals surface area contributed by atoms with Crippen molar-refractivity contribution in [2.24, 2.45) is 5.73 Å². The Labute approximate surface area is 86.1 Å². The van der Waals surface area contributed by atoms with Crippen molar-refractivity contribution in [2.75, 3.05) is 6.54 Å². The Hall–Kier alpha value is -0.120. The second-order valence-electron chi connectivity index (χ2n) is 5.07. The molecule has 4 N–H and O–H groups in total. The zero-order valence-electron chi connectivity index (χ0n) is 8.84. The van der Waals surface area contributed by atoms with E-state index in [-0.39, 0.29) is 5.60 Å². The first-order valence-corrected chi connectivity index (χ1v) is 5.89. The fraction of sp³-hybridized carbons (Fsp3) is 1.00. The summed E-state index contributed by atoms with van der Waals surface area (Å²) in [6.45, 7) is 0.785. The average molecular weight is 198 g/mol. The fourth-order valence-electron chi connectivity index (χ4n) is 2.42. The lowest BCUT2D eigenvalue weighted by Crippen LogP contribution is -2.50. The summed E-state index contributed by atoms with van der Waals surface area (Å²) in [6.07, 6.45) is 7.77. The Morgan fingerprint density at radius 2 is 1.86 bits per heavy atom. The predicted octanol–water partition coefficient (Wildman–Crippen LogP) is 0.761. The van der Waals surface area contributed by atoms with Gasteiger partial charge in [-0.05, 0) is 44.9 Å². The molecule has 3 nitrogen and oxygen atoms in total. The van der Waals surface area contributed by atoms with E-state index >= 15 is 0 Å². The molecule has 0 spiro atoms. The van der Waals surface area contributed by atoms with Crippen molar-refractivity contribution in [1.29, 1.82) is 0 Å². The van der Waals surface area contributed by atoms with Crippen LogP contribution in [-0.4, -0.2) is 29.3 Å². The van der Waals surface area contributed by atoms with Gasteiger partial charge >= 0.3 is 0 Å². The third kappa shape index (κ3) is 2.47. The first-order valence-electron chi connectivity index (χ1n) is 5.89. The van der Waals surface area contributed by atoms with Crippen LogP contribution in [0.15, 0.2) is 0 Å². The molecule has 2 saturated carbocycles. The second-order valence-corrected chi connectivity index (χ2v) is 5.07. The van der Waals surface area contributed by atoms with E-state index in [9.17, 15) is 5.11 Å². The maximum atomic E-state index is 9.91. The summed E-state index contributed by atoms with van der Waals surface area (Å²) in [5.41, 5.74) is 5.46. The Morgan fingerprint density at radius 1 is 1.21 bits per heavy atom. The molecule has 0 aromatic heterocycles. The van der Waals surface area contributed by atoms with Crippen molar-refractivity contribution in [3.8, 4) is 0 Å². The van der Waals surface area contributed by atoms with E-state index in [1.165, 1.54) is 19.3 Å². The predicted molar refractivity (Wildman–Crippen MR) is 57.0 cm³/mol. The van der Waals surface area contributed by atoms with E-state index in [4.69, 9.17) is 5.73 Å². The van der Waals surface area contributed by atoms with Gasteiger partial charge in [-0.1, -0.05) is 0 Å². The van der Waals surface area contributed by atoms with E-state index in [0.717, 1.165) is 32.2 Å². The third-order valence-corrected chi connectivity index (χ3v) is 3.78. The van der Waals surface area contributed by atoms with Crippen LogP contribution in [0.5, 0.6) is 0 Å². The van der Waals surface area contributed by atoms with Crippen molar-refractivity contribution in [2.45, 2.75) is 62.6 Å². The van der Waals surface area contributed by atoms with Crippen LogP contribution in [0, 0.1) is 0 Å². The number of nitrogens with one attached hydrogen (secondary N) is 1. The molecule has 3 heteroatoms. The van der Waals surface area contributed by atoms with E-state index in [2.05, 4.69) is 5.32 Å². The van der Waals surface area contributed by atoms with Gasteiger partial charge in [0.05, 0.1) is 5.60 Å². The van der Waals surface area contributed by atoms with Crippen molar-refractivity contribution >= 4 is 0 Å². The smallest absolute Gasteiger partial charge is 0.0771 e. The zero-order chi connectivity index (χ0) is 10.0. The maximum absolute atomic E-state index is 9.91. The highest BCUT2D eigenvalue weighted by atomic mass is 16.3. The van der Waals surface area contributed by atoms with Crippen molar-refractivity contribution in [1.82, 2.24) is 5.32 Å². The first kappa shape index (κ1) is 10.4. The van der Waals surface area contributed by atoms with Crippen LogP contribution in [0.3, 0.4) is 0 Å². The fourth-order valence-corrected chi connectivity index (χ4v) is 2.42. The molecule has 0 aromatic rings. The Morgan fingerprint density at radius 3 is 2.36 bits per heavy atom. The van der Waals surface area contributed by atoms with Crippen LogP contribution in [0.4, 0.5) is 0 Å². The number of rotatable bonds is 3. The van der Waals surface area contributed by atoms with Gasteiger partial charge in [0.25, 0.3) is 0 Å². The molecule has 0 saturated heterocycles. The van der Waals surface area contributed by atoms with E-state index in [1.54, 1.807) is 0 Å². The van der Waals surface area contributed by atoms with Gasteiger partial charge < -0.3 is 16.2 Å². The largest absolute Gasteiger partial charge is 0.389 e. The molecule has 0 aliphatic heterocycles. The monoisotopic (exact) mass is 198 g/mol. The van der Waals surface area contributed by atoms with Crippen LogP contribution in [0.25, 0.3) is 0 Å². The Kier molecular flexibility index (Phi) is 3.10. The van der Waals surface area contributed by atoms with Crippen LogP contribution < -0.4 is 11.1 Å². The molecule has 14 heavy (non-hydrogen) atoms. The van der Waals surface area contributed by atoms with Gasteiger partial charge in [-0.25, -0.2) is 0 Å². The average Bonchev–Trinajstić information content (AvgIpc) is 2.14. The quantitative estimate of drug-likeness (QED) is 0.627. The van der Waals surface area contributed by atoms with Crippen LogP contribution in [0.1, 0.15) is 44.9 Å². The molecule has 2 aliphatic rings. The van der Waals surface area contributed by atoms with Gasteiger partial charge in [0.2, 0.25) is 0 Å². The summed E-state index contributed by atoms with van der Waals surface area (Å²) in [4.78, 5) is 0. The maximum Gasteiger partial charge on any atom is 0.0771 e. The van der Waals surface area contributed by atoms with Crippen molar-refractivity contribution in [3.05, 3.63) is 0 Å². The van der Waals surface area contributed by atoms with Gasteiger partial charge in [-0.2, -0.15) is 0 Å². The normalized spacial score (nSPS) is 36.4. The standard InChI is InChI=1S/C11H22N2O/c12-9-2-4-10(5-3-9)13-8-11(14)6-1-7-11/h9-10,13-14H,1-8,12H2. The summed E-state index contributed by atoms with van der Waals surface area (Å²) in [5, 5.41) is 13.4. The lowest BCUT2D eigenvalue weighted by Gasteiger charge is -2.38. The summed E-state index contributed by atoms with van der Waals surface area (Å²) in [5.74, 6) is 0. The molecule has 0 atom stereocenters. The van der Waals surface area contributed by atoms with Crippen molar-refractivity contribution < 1.29 is 5.11 Å². The van der Waals surface area contributed by atoms with Gasteiger partial charge in [-0.15, -0.1) is 0 Å². The minimum Gasteiger partial charge on any atom is -0.389 e. The van der Waals surface area contributed by atoms with Gasteiger partial charge in [-0.3, -0.25) is 0 Å². The van der Waals surface area contributed by atoms with Crippen LogP contribution in [0.2, 0.25) is 0 Å². The summed E-state index contributed by atoms with van der Waals surface area (Å²) in [6, 6.07) is 1.01. The molecule has 82 valence electrons. The summed E-state index contributed by atoms with van der Waals surface area (Å²) in [7, 11) is 0. The summed E-state index contributed by atoms with van der Waals surface area (Å²) >= 11 is 0. The summed E-state index contributed by atoms with van der Waals surface area (Å²) < 4.78 is 0. The molecule has 0 heterocycles. The topological polar surface area (TPSA) is 58.3 Å². The number of hydrogen-bond acceptors (Lipinski definition) is 3. The SMILES string of the molecule is NC1CCC(NCC2(O)CCC2)CC1. The highest BCUT2D eigenvalue weighted by Crippen LogP contribution is 2.31. The Balaban J connectivity index is 1.65. The van der Waals surface area contributed by atoms with E-state index in [0.29, 0.717) is 12.1 Å². The van der Waals surface area contributed by atoms with Gasteiger partial charge in [0.15, 0.2) is 0 Å². The lowest BCUT2D eigenvalue weighted by molar-refractivity contribution is -0.0340. The second kappa shape index (κ2) is 4.17. The van der Waals surface area contributed by atoms with Crippen LogP contribution >= 0.6 is 0 Å². The molecule has 0 amide bonds. The van der Waals surface area contributed by atoms with Crippen molar-refractivity contribution in [3.63, 3.8) is 0 Å². The highest BCUT2D eigenvalue weighted by molar-refractivity contribution is 4.91. The number of aliphatic hydroxyl groups is 1. The first-order chi connectivity index (χ1) is 6.68. The molecule has 0 radical (unpaired) electrons. The molecule has 2 fully saturated rings. The molecule has 2 aliphatic carbocycles. The molecular weight excluding hydrogens is 176 g/mol. The van der Waals surface area contributed by atoms with E-state index < -0.39 is 0 Å². The highest BCUT2D eigenvalue weighted by Gasteiger charge is 2.34. The van der Waals surface area contributed by atoms with E-state index in [1.807, 2.05) is 0 Å². The number of nitrogens with two attached hydrogens (primary N) is 1. The van der Waals surface area contributed by atoms with Crippen LogP contribution in [-0.2, 0) is 0 Å². The molecule has 0 aromatic carbocycles. The van der Waals surface area contributed by atoms with Gasteiger partial charge in [0, 0.05) is 18.6 Å². The minimum atomic E-state index is -0.375.